The van der Waals surface area contributed by atoms with Crippen molar-refractivity contribution in [1.82, 2.24) is 0 Å². The van der Waals surface area contributed by atoms with Crippen LogP contribution in [0.3, 0.4) is 0 Å². The Morgan fingerprint density at radius 2 is 0.630 bits per heavy atom. The maximum atomic E-state index is 2.39. The first-order valence-electron chi connectivity index (χ1n) is 13.3. The highest BCUT2D eigenvalue weighted by atomic mass is 14.3. The molecule has 0 atom stereocenters. The molecule has 3 aliphatic carbocycles. The summed E-state index contributed by atoms with van der Waals surface area (Å²) < 4.78 is 0. The molecular weight excluding hydrogens is 324 g/mol. The fourth-order valence-corrected chi connectivity index (χ4v) is 6.90. The van der Waals surface area contributed by atoms with Crippen molar-refractivity contribution in [1.29, 1.82) is 0 Å². The summed E-state index contributed by atoms with van der Waals surface area (Å²) in [5.41, 5.74) is 0. The summed E-state index contributed by atoms with van der Waals surface area (Å²) in [6.45, 7) is 4.75. The molecule has 3 rings (SSSR count). The molecule has 3 aliphatic rings. The smallest absolute Gasteiger partial charge is 0.0414 e. The van der Waals surface area contributed by atoms with Gasteiger partial charge in [0.2, 0.25) is 0 Å². The first kappa shape index (κ1) is 21.7. The monoisotopic (exact) mass is 374 g/mol. The van der Waals surface area contributed by atoms with E-state index in [4.69, 9.17) is 0 Å². The van der Waals surface area contributed by atoms with Gasteiger partial charge in [-0.2, -0.15) is 0 Å². The molecule has 158 valence electrons. The number of rotatable bonds is 9. The minimum atomic E-state index is 1.07. The summed E-state index contributed by atoms with van der Waals surface area (Å²) in [6.07, 6.45) is 29.2. The maximum Gasteiger partial charge on any atom is -0.0414 e. The third kappa shape index (κ3) is 7.40. The van der Waals surface area contributed by atoms with Gasteiger partial charge in [0.25, 0.3) is 0 Å². The highest BCUT2D eigenvalue weighted by Crippen LogP contribution is 2.40. The van der Waals surface area contributed by atoms with Gasteiger partial charge in [-0.05, 0) is 35.5 Å². The Labute approximate surface area is 171 Å². The van der Waals surface area contributed by atoms with E-state index in [9.17, 15) is 0 Å². The van der Waals surface area contributed by atoms with Gasteiger partial charge in [-0.3, -0.25) is 0 Å². The highest BCUT2D eigenvalue weighted by Gasteiger charge is 2.26. The average Bonchev–Trinajstić information content (AvgIpc) is 2.73. The SMILES string of the molecule is CCC[C@H]1CC[C@H](CC[C@H]2CC[C@H](CC[C@H]3CC[C@H](CC)CC3)CC2)CC1. The first-order valence-corrected chi connectivity index (χ1v) is 13.3. The molecule has 3 saturated carbocycles. The second kappa shape index (κ2) is 11.9. The van der Waals surface area contributed by atoms with Crippen molar-refractivity contribution in [2.24, 2.45) is 35.5 Å². The van der Waals surface area contributed by atoms with Crippen LogP contribution in [0.4, 0.5) is 0 Å². The maximum absolute atomic E-state index is 2.39. The molecule has 0 heteroatoms. The minimum absolute atomic E-state index is 1.07. The highest BCUT2D eigenvalue weighted by molar-refractivity contribution is 4.78. The molecule has 0 N–H and O–H groups in total. The Morgan fingerprint density at radius 3 is 0.889 bits per heavy atom. The van der Waals surface area contributed by atoms with Crippen molar-refractivity contribution in [3.05, 3.63) is 0 Å². The Kier molecular flexibility index (Phi) is 9.54. The predicted octanol–water partition coefficient (Wildman–Crippen LogP) is 9.18. The van der Waals surface area contributed by atoms with Crippen LogP contribution >= 0.6 is 0 Å². The van der Waals surface area contributed by atoms with Crippen LogP contribution in [-0.2, 0) is 0 Å². The van der Waals surface area contributed by atoms with E-state index >= 15 is 0 Å². The van der Waals surface area contributed by atoms with Crippen LogP contribution < -0.4 is 0 Å². The molecule has 0 aliphatic heterocycles. The van der Waals surface area contributed by atoms with E-state index in [0.717, 1.165) is 35.5 Å². The van der Waals surface area contributed by atoms with E-state index in [1.807, 2.05) is 0 Å². The van der Waals surface area contributed by atoms with E-state index in [-0.39, 0.29) is 0 Å². The van der Waals surface area contributed by atoms with Crippen LogP contribution in [0.5, 0.6) is 0 Å². The lowest BCUT2D eigenvalue weighted by Gasteiger charge is -2.33. The molecule has 0 aromatic rings. The average molecular weight is 375 g/mol. The van der Waals surface area contributed by atoms with E-state index in [0.29, 0.717) is 0 Å². The van der Waals surface area contributed by atoms with E-state index in [1.165, 1.54) is 32.1 Å². The molecule has 0 radical (unpaired) electrons. The van der Waals surface area contributed by atoms with Crippen LogP contribution in [0.25, 0.3) is 0 Å². The van der Waals surface area contributed by atoms with Crippen molar-refractivity contribution < 1.29 is 0 Å². The lowest BCUT2D eigenvalue weighted by molar-refractivity contribution is 0.195. The molecule has 3 fully saturated rings. The Bertz CT molecular complexity index is 361. The molecule has 27 heavy (non-hydrogen) atoms. The molecule has 0 amide bonds. The lowest BCUT2D eigenvalue weighted by Crippen LogP contribution is -2.19. The van der Waals surface area contributed by atoms with Crippen molar-refractivity contribution in [3.8, 4) is 0 Å². The van der Waals surface area contributed by atoms with E-state index in [1.54, 1.807) is 89.9 Å². The van der Waals surface area contributed by atoms with Gasteiger partial charge in [0, 0.05) is 0 Å². The van der Waals surface area contributed by atoms with E-state index < -0.39 is 0 Å². The number of hydrogen-bond acceptors (Lipinski definition) is 0. The summed E-state index contributed by atoms with van der Waals surface area (Å²) in [4.78, 5) is 0. The predicted molar refractivity (Wildman–Crippen MR) is 120 cm³/mol. The van der Waals surface area contributed by atoms with Crippen molar-refractivity contribution >= 4 is 0 Å². The number of hydrogen-bond donors (Lipinski definition) is 0. The van der Waals surface area contributed by atoms with Gasteiger partial charge < -0.3 is 0 Å². The fraction of sp³-hybridized carbons (Fsp3) is 1.00. The van der Waals surface area contributed by atoms with Crippen LogP contribution in [0, 0.1) is 35.5 Å². The molecule has 0 unspecified atom stereocenters. The largest absolute Gasteiger partial charge is 0.0654 e. The molecule has 0 bridgehead atoms. The van der Waals surface area contributed by atoms with Gasteiger partial charge in [-0.15, -0.1) is 0 Å². The van der Waals surface area contributed by atoms with Crippen LogP contribution in [0.1, 0.15) is 136 Å². The molecule has 0 saturated heterocycles. The Balaban J connectivity index is 1.22. The first-order chi connectivity index (χ1) is 13.3. The second-order valence-electron chi connectivity index (χ2n) is 11.0. The minimum Gasteiger partial charge on any atom is -0.0654 e. The van der Waals surface area contributed by atoms with Crippen molar-refractivity contribution in [2.75, 3.05) is 0 Å². The molecular formula is C27H50. The summed E-state index contributed by atoms with van der Waals surface area (Å²) in [7, 11) is 0. The van der Waals surface area contributed by atoms with E-state index in [2.05, 4.69) is 13.8 Å². The van der Waals surface area contributed by atoms with Crippen molar-refractivity contribution in [2.45, 2.75) is 136 Å². The molecule has 0 heterocycles. The van der Waals surface area contributed by atoms with Gasteiger partial charge in [-0.25, -0.2) is 0 Å². The molecule has 0 spiro atoms. The Hall–Kier alpha value is 0. The van der Waals surface area contributed by atoms with Crippen LogP contribution in [0.15, 0.2) is 0 Å². The fourth-order valence-electron chi connectivity index (χ4n) is 6.90. The quantitative estimate of drug-likeness (QED) is 0.377. The van der Waals surface area contributed by atoms with Gasteiger partial charge in [-0.1, -0.05) is 136 Å². The lowest BCUT2D eigenvalue weighted by atomic mass is 9.73. The zero-order valence-electron chi connectivity index (χ0n) is 18.9. The standard InChI is InChI=1S/C27H50/c1-3-5-23-10-12-25(13-11-23)16-17-27-20-18-26(19-21-27)15-14-24-8-6-22(4-2)7-9-24/h22-27H,3-21H2,1-2H3/t22-,23-,24-,25-,26-,27-. The second-order valence-corrected chi connectivity index (χ2v) is 11.0. The normalized spacial score (nSPS) is 38.0. The molecule has 0 nitrogen and oxygen atoms in total. The zero-order chi connectivity index (χ0) is 18.9. The summed E-state index contributed by atoms with van der Waals surface area (Å²) in [5, 5.41) is 0. The summed E-state index contributed by atoms with van der Waals surface area (Å²) >= 11 is 0. The summed E-state index contributed by atoms with van der Waals surface area (Å²) in [5.74, 6) is 6.52. The van der Waals surface area contributed by atoms with Crippen LogP contribution in [-0.4, -0.2) is 0 Å². The third-order valence-electron chi connectivity index (χ3n) is 9.14. The third-order valence-corrected chi connectivity index (χ3v) is 9.14. The van der Waals surface area contributed by atoms with Gasteiger partial charge >= 0.3 is 0 Å². The zero-order valence-corrected chi connectivity index (χ0v) is 18.9. The van der Waals surface area contributed by atoms with Gasteiger partial charge in [0.1, 0.15) is 0 Å². The topological polar surface area (TPSA) is 0 Å². The van der Waals surface area contributed by atoms with Gasteiger partial charge in [0.15, 0.2) is 0 Å². The summed E-state index contributed by atoms with van der Waals surface area (Å²) in [6, 6.07) is 0. The molecule has 0 aromatic carbocycles. The Morgan fingerprint density at radius 1 is 0.370 bits per heavy atom. The molecule has 0 aromatic heterocycles. The van der Waals surface area contributed by atoms with Gasteiger partial charge in [0.05, 0.1) is 0 Å². The van der Waals surface area contributed by atoms with Crippen molar-refractivity contribution in [3.63, 3.8) is 0 Å². The van der Waals surface area contributed by atoms with Crippen LogP contribution in [0.2, 0.25) is 0 Å².